The minimum Gasteiger partial charge on any atom is -0.479 e. The van der Waals surface area contributed by atoms with Gasteiger partial charge >= 0.3 is 5.97 Å². The molecule has 2 aliphatic rings. The Morgan fingerprint density at radius 2 is 2.15 bits per heavy atom. The van der Waals surface area contributed by atoms with E-state index < -0.39 is 27.1 Å². The molecule has 2 amide bonds. The van der Waals surface area contributed by atoms with Gasteiger partial charge in [-0.3, -0.25) is 19.7 Å². The van der Waals surface area contributed by atoms with Gasteiger partial charge in [0.25, 0.3) is 5.69 Å². The lowest BCUT2D eigenvalue weighted by atomic mass is 9.75. The number of aliphatic carboxylic acids is 1. The molecule has 2 aliphatic heterocycles. The monoisotopic (exact) mass is 394 g/mol. The number of thioether (sulfide) groups is 1. The van der Waals surface area contributed by atoms with Crippen molar-refractivity contribution in [1.82, 2.24) is 4.90 Å². The minimum atomic E-state index is -1.83. The zero-order chi connectivity index (χ0) is 20.1. The molecule has 2 fully saturated rings. The molecule has 0 saturated carbocycles. The molecule has 0 unspecified atom stereocenters. The van der Waals surface area contributed by atoms with Gasteiger partial charge in [-0.05, 0) is 19.9 Å². The molecule has 4 N–H and O–H groups in total. The van der Waals surface area contributed by atoms with Gasteiger partial charge in [-0.1, -0.05) is 0 Å². The van der Waals surface area contributed by atoms with Crippen molar-refractivity contribution in [3.8, 4) is 0 Å². The van der Waals surface area contributed by atoms with Crippen LogP contribution < -0.4 is 11.1 Å². The van der Waals surface area contributed by atoms with Gasteiger partial charge < -0.3 is 21.1 Å². The number of amides is 2. The van der Waals surface area contributed by atoms with Crippen LogP contribution in [0.2, 0.25) is 0 Å². The highest BCUT2D eigenvalue weighted by Gasteiger charge is 2.70. The predicted octanol–water partition coefficient (Wildman–Crippen LogP) is 0.856. The van der Waals surface area contributed by atoms with Crippen molar-refractivity contribution >= 4 is 40.9 Å². The number of nitrogens with two attached hydrogens (primary N) is 1. The largest absolute Gasteiger partial charge is 0.479 e. The molecule has 2 heterocycles. The number of benzene rings is 1. The number of nitro groups is 1. The average Bonchev–Trinajstić information content (AvgIpc) is 2.75. The number of primary amides is 1. The Morgan fingerprint density at radius 1 is 1.48 bits per heavy atom. The van der Waals surface area contributed by atoms with E-state index in [1.165, 1.54) is 28.8 Å². The van der Waals surface area contributed by atoms with E-state index in [1.807, 2.05) is 0 Å². The molecular weight excluding hydrogens is 376 g/mol. The number of nitro benzene ring substituents is 1. The van der Waals surface area contributed by atoms with Crippen LogP contribution in [0.1, 0.15) is 25.8 Å². The SMILES string of the molecule is CC1(C)S[C@@H]2CC(=O)N2[C@@]1(C(=O)O)c1cc([N+](=O)[O-])ccc1NCC(N)=O. The van der Waals surface area contributed by atoms with Crippen molar-refractivity contribution in [1.29, 1.82) is 0 Å². The van der Waals surface area contributed by atoms with Crippen molar-refractivity contribution in [2.45, 2.75) is 35.9 Å². The summed E-state index contributed by atoms with van der Waals surface area (Å²) in [6.07, 6.45) is 0.210. The summed E-state index contributed by atoms with van der Waals surface area (Å²) in [4.78, 5) is 47.9. The number of β-lactam (4-membered cyclic amide) rings is 1. The zero-order valence-corrected chi connectivity index (χ0v) is 15.4. The summed E-state index contributed by atoms with van der Waals surface area (Å²) in [6.45, 7) is 3.09. The van der Waals surface area contributed by atoms with Crippen LogP contribution in [-0.2, 0) is 19.9 Å². The summed E-state index contributed by atoms with van der Waals surface area (Å²) < 4.78 is -0.978. The van der Waals surface area contributed by atoms with Crippen LogP contribution in [0.5, 0.6) is 0 Å². The van der Waals surface area contributed by atoms with Crippen molar-refractivity contribution in [2.75, 3.05) is 11.9 Å². The van der Waals surface area contributed by atoms with Gasteiger partial charge in [0.05, 0.1) is 28.0 Å². The Morgan fingerprint density at radius 3 is 2.67 bits per heavy atom. The van der Waals surface area contributed by atoms with E-state index in [-0.39, 0.29) is 41.2 Å². The molecule has 10 nitrogen and oxygen atoms in total. The molecule has 2 atom stereocenters. The maximum Gasteiger partial charge on any atom is 0.335 e. The number of nitrogens with one attached hydrogen (secondary N) is 1. The number of carbonyl (C=O) groups excluding carboxylic acids is 2. The van der Waals surface area contributed by atoms with Gasteiger partial charge in [-0.2, -0.15) is 0 Å². The normalized spacial score (nSPS) is 25.5. The third-order valence-corrected chi connectivity index (χ3v) is 6.47. The minimum absolute atomic E-state index is 0.0542. The number of hydrogen-bond donors (Lipinski definition) is 3. The summed E-state index contributed by atoms with van der Waals surface area (Å²) in [5.41, 5.74) is 3.27. The summed E-state index contributed by atoms with van der Waals surface area (Å²) in [6, 6.07) is 3.68. The molecule has 0 bridgehead atoms. The second-order valence-corrected chi connectivity index (χ2v) is 8.67. The maximum atomic E-state index is 12.6. The molecule has 0 aliphatic carbocycles. The Kier molecular flexibility index (Phi) is 4.29. The number of fused-ring (bicyclic) bond motifs is 1. The molecule has 1 aromatic rings. The van der Waals surface area contributed by atoms with Crippen LogP contribution >= 0.6 is 11.8 Å². The molecule has 0 aromatic heterocycles. The molecule has 1 aromatic carbocycles. The Labute approximate surface area is 158 Å². The number of anilines is 1. The van der Waals surface area contributed by atoms with Crippen LogP contribution in [-0.4, -0.2) is 49.4 Å². The summed E-state index contributed by atoms with van der Waals surface area (Å²) in [5.74, 6) is -2.31. The maximum absolute atomic E-state index is 12.6. The molecule has 0 spiro atoms. The third kappa shape index (κ3) is 2.60. The van der Waals surface area contributed by atoms with Gasteiger partial charge in [0.1, 0.15) is 0 Å². The number of hydrogen-bond acceptors (Lipinski definition) is 7. The number of non-ortho nitro benzene ring substituents is 1. The fraction of sp³-hybridized carbons (Fsp3) is 0.438. The standard InChI is InChI=1S/C16H18N4O6S/c1-15(2)16(14(23)24,19-12(22)6-13(19)27-15)9-5-8(20(25)26)3-4-10(9)18-7-11(17)21/h3-5,13,18H,6-7H2,1-2H3,(H2,17,21)(H,23,24)/t13-,16-/m1/s1. The summed E-state index contributed by atoms with van der Waals surface area (Å²) >= 11 is 1.33. The topological polar surface area (TPSA) is 156 Å². The Hall–Kier alpha value is -2.82. The van der Waals surface area contributed by atoms with Crippen LogP contribution in [0, 0.1) is 10.1 Å². The first-order valence-electron chi connectivity index (χ1n) is 8.07. The molecule has 0 radical (unpaired) electrons. The van der Waals surface area contributed by atoms with Gasteiger partial charge in [0.2, 0.25) is 11.8 Å². The van der Waals surface area contributed by atoms with Gasteiger partial charge in [0, 0.05) is 23.4 Å². The van der Waals surface area contributed by atoms with Crippen LogP contribution in [0.3, 0.4) is 0 Å². The van der Waals surface area contributed by atoms with Crippen LogP contribution in [0.4, 0.5) is 11.4 Å². The highest BCUT2D eigenvalue weighted by Crippen LogP contribution is 2.62. The highest BCUT2D eigenvalue weighted by molar-refractivity contribution is 8.01. The van der Waals surface area contributed by atoms with E-state index in [4.69, 9.17) is 5.73 Å². The summed E-state index contributed by atoms with van der Waals surface area (Å²) in [7, 11) is 0. The van der Waals surface area contributed by atoms with E-state index in [9.17, 15) is 29.6 Å². The lowest BCUT2D eigenvalue weighted by Crippen LogP contribution is -2.64. The molecular formula is C16H18N4O6S. The van der Waals surface area contributed by atoms with E-state index in [0.717, 1.165) is 6.07 Å². The van der Waals surface area contributed by atoms with Crippen molar-refractivity contribution < 1.29 is 24.4 Å². The Balaban J connectivity index is 2.27. The molecule has 3 rings (SSSR count). The quantitative estimate of drug-likeness (QED) is 0.364. The van der Waals surface area contributed by atoms with Crippen molar-refractivity contribution in [2.24, 2.45) is 5.73 Å². The van der Waals surface area contributed by atoms with Crippen LogP contribution in [0.25, 0.3) is 0 Å². The fourth-order valence-corrected chi connectivity index (χ4v) is 5.56. The second kappa shape index (κ2) is 6.12. The number of nitrogens with zero attached hydrogens (tertiary/aromatic N) is 2. The number of rotatable bonds is 6. The predicted molar refractivity (Wildman–Crippen MR) is 97.0 cm³/mol. The lowest BCUT2D eigenvalue weighted by molar-refractivity contribution is -0.385. The molecule has 2 saturated heterocycles. The van der Waals surface area contributed by atoms with Gasteiger partial charge in [-0.25, -0.2) is 4.79 Å². The first kappa shape index (κ1) is 19.0. The molecule has 11 heteroatoms. The Bertz CT molecular complexity index is 872. The first-order chi connectivity index (χ1) is 12.5. The van der Waals surface area contributed by atoms with E-state index in [2.05, 4.69) is 5.32 Å². The van der Waals surface area contributed by atoms with Crippen LogP contribution in [0.15, 0.2) is 18.2 Å². The second-order valence-electron chi connectivity index (χ2n) is 6.87. The average molecular weight is 394 g/mol. The fourth-order valence-electron chi connectivity index (χ4n) is 3.81. The zero-order valence-electron chi connectivity index (χ0n) is 14.6. The lowest BCUT2D eigenvalue weighted by Gasteiger charge is -2.47. The van der Waals surface area contributed by atoms with Gasteiger partial charge in [0.15, 0.2) is 5.54 Å². The van der Waals surface area contributed by atoms with E-state index in [0.29, 0.717) is 0 Å². The summed E-state index contributed by atoms with van der Waals surface area (Å²) in [5, 5.41) is 23.9. The molecule has 27 heavy (non-hydrogen) atoms. The highest BCUT2D eigenvalue weighted by atomic mass is 32.2. The number of carboxylic acid groups (broad SMARTS) is 1. The van der Waals surface area contributed by atoms with Gasteiger partial charge in [-0.15, -0.1) is 11.8 Å². The van der Waals surface area contributed by atoms with Crippen molar-refractivity contribution in [3.05, 3.63) is 33.9 Å². The van der Waals surface area contributed by atoms with E-state index in [1.54, 1.807) is 13.8 Å². The van der Waals surface area contributed by atoms with Crippen molar-refractivity contribution in [3.63, 3.8) is 0 Å². The number of carbonyl (C=O) groups is 3. The first-order valence-corrected chi connectivity index (χ1v) is 8.95. The number of carboxylic acids is 1. The smallest absolute Gasteiger partial charge is 0.335 e. The van der Waals surface area contributed by atoms with E-state index >= 15 is 0 Å². The molecule has 144 valence electrons. The third-order valence-electron chi connectivity index (χ3n) is 4.94.